The third kappa shape index (κ3) is 4.72. The molecule has 1 aliphatic heterocycles. The zero-order valence-electron chi connectivity index (χ0n) is 10.7. The highest BCUT2D eigenvalue weighted by Gasteiger charge is 2.45. The number of hydrogen-bond donors (Lipinski definition) is 2. The molecule has 0 aromatic heterocycles. The van der Waals surface area contributed by atoms with Crippen molar-refractivity contribution in [3.8, 4) is 0 Å². The Hall–Kier alpha value is -0.360. The molecule has 1 saturated heterocycles. The minimum Gasteiger partial charge on any atom is -0.379 e. The zero-order chi connectivity index (χ0) is 12.1. The van der Waals surface area contributed by atoms with Crippen LogP contribution in [0.25, 0.3) is 0 Å². The molecule has 0 spiro atoms. The van der Waals surface area contributed by atoms with Crippen LogP contribution in [0.5, 0.6) is 0 Å². The van der Waals surface area contributed by atoms with Crippen LogP contribution in [0, 0.1) is 0 Å². The van der Waals surface area contributed by atoms with Gasteiger partial charge in [-0.1, -0.05) is 0 Å². The molecule has 18 heavy (non-hydrogen) atoms. The summed E-state index contributed by atoms with van der Waals surface area (Å²) in [5, 5.41) is 2.84. The Kier molecular flexibility index (Phi) is 6.35. The molecule has 1 atom stereocenters. The predicted molar refractivity (Wildman–Crippen MR) is 70.8 cm³/mol. The predicted octanol–water partition coefficient (Wildman–Crippen LogP) is 0.601. The summed E-state index contributed by atoms with van der Waals surface area (Å²) in [5.41, 5.74) is 5.20. The Labute approximate surface area is 114 Å². The van der Waals surface area contributed by atoms with E-state index in [1.165, 1.54) is 0 Å². The lowest BCUT2D eigenvalue weighted by atomic mass is 10.2. The molecule has 1 unspecified atom stereocenters. The molecule has 2 fully saturated rings. The Morgan fingerprint density at radius 1 is 1.50 bits per heavy atom. The van der Waals surface area contributed by atoms with Gasteiger partial charge in [-0.25, -0.2) is 0 Å². The first-order valence-electron chi connectivity index (χ1n) is 6.47. The number of ether oxygens (including phenoxy) is 2. The second-order valence-electron chi connectivity index (χ2n) is 4.98. The van der Waals surface area contributed by atoms with Gasteiger partial charge in [0.2, 0.25) is 5.91 Å². The SMILES string of the molecule is Cl.NC1(C(=O)NCCCOCC2CCCO2)CC1. The molecule has 5 nitrogen and oxygen atoms in total. The molecule has 1 heterocycles. The number of nitrogens with two attached hydrogens (primary N) is 1. The second kappa shape index (κ2) is 7.28. The van der Waals surface area contributed by atoms with Crippen molar-refractivity contribution in [3.63, 3.8) is 0 Å². The number of rotatable bonds is 7. The molecule has 1 aliphatic carbocycles. The van der Waals surface area contributed by atoms with E-state index in [0.717, 1.165) is 38.7 Å². The van der Waals surface area contributed by atoms with E-state index in [1.807, 2.05) is 0 Å². The van der Waals surface area contributed by atoms with Gasteiger partial charge in [-0.15, -0.1) is 12.4 Å². The molecular weight excluding hydrogens is 256 g/mol. The average Bonchev–Trinajstić information content (AvgIpc) is 2.88. The Morgan fingerprint density at radius 3 is 2.89 bits per heavy atom. The van der Waals surface area contributed by atoms with Gasteiger partial charge in [0.15, 0.2) is 0 Å². The molecule has 6 heteroatoms. The first kappa shape index (κ1) is 15.7. The highest BCUT2D eigenvalue weighted by Crippen LogP contribution is 2.31. The maximum absolute atomic E-state index is 11.5. The maximum atomic E-state index is 11.5. The summed E-state index contributed by atoms with van der Waals surface area (Å²) in [6, 6.07) is 0. The summed E-state index contributed by atoms with van der Waals surface area (Å²) in [7, 11) is 0. The third-order valence-corrected chi connectivity index (χ3v) is 3.32. The normalized spacial score (nSPS) is 24.4. The topological polar surface area (TPSA) is 73.6 Å². The van der Waals surface area contributed by atoms with Gasteiger partial charge in [-0.2, -0.15) is 0 Å². The van der Waals surface area contributed by atoms with Crippen LogP contribution in [0.15, 0.2) is 0 Å². The van der Waals surface area contributed by atoms with Crippen LogP contribution in [0.2, 0.25) is 0 Å². The smallest absolute Gasteiger partial charge is 0.240 e. The first-order valence-corrected chi connectivity index (χ1v) is 6.47. The molecule has 3 N–H and O–H groups in total. The summed E-state index contributed by atoms with van der Waals surface area (Å²) in [6.07, 6.45) is 4.98. The van der Waals surface area contributed by atoms with Gasteiger partial charge in [0.05, 0.1) is 18.2 Å². The lowest BCUT2D eigenvalue weighted by molar-refractivity contribution is -0.123. The minimum atomic E-state index is -0.557. The van der Waals surface area contributed by atoms with Crippen molar-refractivity contribution in [1.29, 1.82) is 0 Å². The Balaban J connectivity index is 0.00000162. The summed E-state index contributed by atoms with van der Waals surface area (Å²) >= 11 is 0. The Bertz CT molecular complexity index is 266. The molecule has 0 aromatic rings. The van der Waals surface area contributed by atoms with Gasteiger partial charge < -0.3 is 20.5 Å². The minimum absolute atomic E-state index is 0. The van der Waals surface area contributed by atoms with Crippen LogP contribution >= 0.6 is 12.4 Å². The number of amides is 1. The monoisotopic (exact) mass is 278 g/mol. The van der Waals surface area contributed by atoms with E-state index in [-0.39, 0.29) is 24.4 Å². The highest BCUT2D eigenvalue weighted by atomic mass is 35.5. The molecule has 0 radical (unpaired) electrons. The molecule has 1 saturated carbocycles. The van der Waals surface area contributed by atoms with Crippen molar-refractivity contribution in [2.45, 2.75) is 43.7 Å². The quantitative estimate of drug-likeness (QED) is 0.669. The first-order chi connectivity index (χ1) is 8.21. The molecule has 1 amide bonds. The summed E-state index contributed by atoms with van der Waals surface area (Å²) in [5.74, 6) is -0.0170. The number of carbonyl (C=O) groups is 1. The number of nitrogens with one attached hydrogen (secondary N) is 1. The van der Waals surface area contributed by atoms with Gasteiger partial charge >= 0.3 is 0 Å². The van der Waals surface area contributed by atoms with Crippen LogP contribution in [0.3, 0.4) is 0 Å². The van der Waals surface area contributed by atoms with Crippen molar-refractivity contribution in [1.82, 2.24) is 5.32 Å². The van der Waals surface area contributed by atoms with Crippen LogP contribution in [0.1, 0.15) is 32.1 Å². The fourth-order valence-corrected chi connectivity index (χ4v) is 1.90. The molecule has 0 bridgehead atoms. The number of hydrogen-bond acceptors (Lipinski definition) is 4. The van der Waals surface area contributed by atoms with E-state index >= 15 is 0 Å². The maximum Gasteiger partial charge on any atom is 0.240 e. The van der Waals surface area contributed by atoms with E-state index in [9.17, 15) is 4.79 Å². The third-order valence-electron chi connectivity index (χ3n) is 3.32. The van der Waals surface area contributed by atoms with E-state index < -0.39 is 5.54 Å². The van der Waals surface area contributed by atoms with E-state index in [2.05, 4.69) is 5.32 Å². The van der Waals surface area contributed by atoms with Crippen LogP contribution in [-0.4, -0.2) is 43.9 Å². The summed E-state index contributed by atoms with van der Waals surface area (Å²) < 4.78 is 10.9. The van der Waals surface area contributed by atoms with Gasteiger partial charge in [-0.3, -0.25) is 4.79 Å². The van der Waals surface area contributed by atoms with Crippen molar-refractivity contribution < 1.29 is 14.3 Å². The highest BCUT2D eigenvalue weighted by molar-refractivity contribution is 5.88. The fraction of sp³-hybridized carbons (Fsp3) is 0.917. The van der Waals surface area contributed by atoms with Crippen molar-refractivity contribution in [2.24, 2.45) is 5.73 Å². The number of carbonyl (C=O) groups excluding carboxylic acids is 1. The van der Waals surface area contributed by atoms with Crippen molar-refractivity contribution in [3.05, 3.63) is 0 Å². The summed E-state index contributed by atoms with van der Waals surface area (Å²) in [6.45, 7) is 2.85. The fourth-order valence-electron chi connectivity index (χ4n) is 1.90. The van der Waals surface area contributed by atoms with Crippen LogP contribution < -0.4 is 11.1 Å². The summed E-state index contributed by atoms with van der Waals surface area (Å²) in [4.78, 5) is 11.5. The second-order valence-corrected chi connectivity index (χ2v) is 4.98. The van der Waals surface area contributed by atoms with Crippen molar-refractivity contribution in [2.75, 3.05) is 26.4 Å². The van der Waals surface area contributed by atoms with E-state index in [4.69, 9.17) is 15.2 Å². The van der Waals surface area contributed by atoms with Gasteiger partial charge in [0.25, 0.3) is 0 Å². The van der Waals surface area contributed by atoms with Crippen LogP contribution in [-0.2, 0) is 14.3 Å². The molecular formula is C12H23ClN2O3. The van der Waals surface area contributed by atoms with Crippen molar-refractivity contribution >= 4 is 18.3 Å². The Morgan fingerprint density at radius 2 is 2.28 bits per heavy atom. The zero-order valence-corrected chi connectivity index (χ0v) is 11.5. The molecule has 106 valence electrons. The van der Waals surface area contributed by atoms with E-state index in [1.54, 1.807) is 0 Å². The average molecular weight is 279 g/mol. The van der Waals surface area contributed by atoms with Crippen LogP contribution in [0.4, 0.5) is 0 Å². The van der Waals surface area contributed by atoms with Gasteiger partial charge in [-0.05, 0) is 32.1 Å². The molecule has 2 rings (SSSR count). The standard InChI is InChI=1S/C12H22N2O3.ClH/c13-12(4-5-12)11(15)14-6-2-7-16-9-10-3-1-8-17-10;/h10H,1-9,13H2,(H,14,15);1H. The van der Waals surface area contributed by atoms with Gasteiger partial charge in [0.1, 0.15) is 0 Å². The molecule has 2 aliphatic rings. The molecule has 0 aromatic carbocycles. The van der Waals surface area contributed by atoms with Gasteiger partial charge in [0, 0.05) is 19.8 Å². The number of halogens is 1. The lowest BCUT2D eigenvalue weighted by Crippen LogP contribution is -2.43. The largest absolute Gasteiger partial charge is 0.379 e. The lowest BCUT2D eigenvalue weighted by Gasteiger charge is -2.11. The van der Waals surface area contributed by atoms with E-state index in [0.29, 0.717) is 19.8 Å².